The molecule has 23 heavy (non-hydrogen) atoms. The van der Waals surface area contributed by atoms with Crippen molar-refractivity contribution in [2.45, 2.75) is 25.1 Å². The largest absolute Gasteiger partial charge is 0.380 e. The lowest BCUT2D eigenvalue weighted by molar-refractivity contribution is 0.107. The van der Waals surface area contributed by atoms with E-state index in [-0.39, 0.29) is 12.1 Å². The van der Waals surface area contributed by atoms with E-state index in [1.807, 2.05) is 17.8 Å². The van der Waals surface area contributed by atoms with Crippen molar-refractivity contribution in [1.82, 2.24) is 24.6 Å². The molecule has 3 heterocycles. The van der Waals surface area contributed by atoms with Gasteiger partial charge < -0.3 is 14.3 Å². The molecule has 3 aromatic rings. The fraction of sp³-hybridized carbons (Fsp3) is 0.412. The van der Waals surface area contributed by atoms with Crippen LogP contribution < -0.4 is 0 Å². The molecule has 2 atom stereocenters. The summed E-state index contributed by atoms with van der Waals surface area (Å²) in [4.78, 5) is 5.73. The average molecular weight is 311 g/mol. The first-order valence-corrected chi connectivity index (χ1v) is 7.92. The molecule has 1 aliphatic rings. The minimum Gasteiger partial charge on any atom is -0.380 e. The van der Waals surface area contributed by atoms with Crippen molar-refractivity contribution < 1.29 is 4.74 Å². The standard InChI is InChI=1S/C17H21N5O/c1-21-11-19-20-17(21)16-8-13(23-2)10-22(16)9-12-4-3-5-15-14(12)6-7-18-15/h3-7,11,13,16,18H,8-10H2,1-2H3/t13-,16+/m1/s1. The number of fused-ring (bicyclic) bond motifs is 1. The van der Waals surface area contributed by atoms with Crippen LogP contribution in [0.2, 0.25) is 0 Å². The molecule has 0 radical (unpaired) electrons. The number of nitrogens with one attached hydrogen (secondary N) is 1. The van der Waals surface area contributed by atoms with Crippen LogP contribution in [0.25, 0.3) is 10.9 Å². The van der Waals surface area contributed by atoms with Crippen molar-refractivity contribution in [3.8, 4) is 0 Å². The second-order valence-corrected chi connectivity index (χ2v) is 6.19. The maximum atomic E-state index is 5.61. The van der Waals surface area contributed by atoms with Crippen LogP contribution in [0.3, 0.4) is 0 Å². The predicted molar refractivity (Wildman–Crippen MR) is 87.9 cm³/mol. The van der Waals surface area contributed by atoms with Gasteiger partial charge in [-0.2, -0.15) is 0 Å². The minimum absolute atomic E-state index is 0.238. The number of likely N-dealkylation sites (tertiary alicyclic amines) is 1. The molecule has 0 unspecified atom stereocenters. The van der Waals surface area contributed by atoms with Crippen LogP contribution in [0.4, 0.5) is 0 Å². The minimum atomic E-state index is 0.238. The van der Waals surface area contributed by atoms with Crippen molar-refractivity contribution in [3.63, 3.8) is 0 Å². The second-order valence-electron chi connectivity index (χ2n) is 6.19. The molecule has 2 aromatic heterocycles. The highest BCUT2D eigenvalue weighted by Crippen LogP contribution is 2.34. The molecule has 6 nitrogen and oxygen atoms in total. The SMILES string of the molecule is CO[C@@H]1C[C@@H](c2nncn2C)N(Cc2cccc3[nH]ccc23)C1. The summed E-state index contributed by atoms with van der Waals surface area (Å²) in [6.07, 6.45) is 4.95. The Morgan fingerprint density at radius 3 is 3.04 bits per heavy atom. The molecule has 1 aliphatic heterocycles. The summed E-state index contributed by atoms with van der Waals surface area (Å²) in [5.41, 5.74) is 2.51. The van der Waals surface area contributed by atoms with Gasteiger partial charge in [-0.1, -0.05) is 12.1 Å². The van der Waals surface area contributed by atoms with Gasteiger partial charge in [0.05, 0.1) is 12.1 Å². The van der Waals surface area contributed by atoms with E-state index in [0.717, 1.165) is 25.3 Å². The molecule has 0 bridgehead atoms. The highest BCUT2D eigenvalue weighted by Gasteiger charge is 2.35. The highest BCUT2D eigenvalue weighted by molar-refractivity contribution is 5.82. The third kappa shape index (κ3) is 2.54. The topological polar surface area (TPSA) is 59.0 Å². The van der Waals surface area contributed by atoms with E-state index < -0.39 is 0 Å². The molecule has 0 aliphatic carbocycles. The summed E-state index contributed by atoms with van der Waals surface area (Å²) >= 11 is 0. The summed E-state index contributed by atoms with van der Waals surface area (Å²) in [7, 11) is 3.79. The van der Waals surface area contributed by atoms with E-state index >= 15 is 0 Å². The Balaban J connectivity index is 1.65. The maximum absolute atomic E-state index is 5.61. The maximum Gasteiger partial charge on any atom is 0.150 e. The van der Waals surface area contributed by atoms with Crippen molar-refractivity contribution in [2.24, 2.45) is 7.05 Å². The first-order chi connectivity index (χ1) is 11.3. The summed E-state index contributed by atoms with van der Waals surface area (Å²) in [5.74, 6) is 1.01. The molecule has 120 valence electrons. The number of aromatic nitrogens is 4. The first-order valence-electron chi connectivity index (χ1n) is 7.92. The fourth-order valence-electron chi connectivity index (χ4n) is 3.58. The van der Waals surface area contributed by atoms with Gasteiger partial charge in [0, 0.05) is 44.3 Å². The fourth-order valence-corrected chi connectivity index (χ4v) is 3.58. The summed E-state index contributed by atoms with van der Waals surface area (Å²) in [6.45, 7) is 1.79. The van der Waals surface area contributed by atoms with E-state index in [9.17, 15) is 0 Å². The number of aryl methyl sites for hydroxylation is 1. The van der Waals surface area contributed by atoms with Crippen molar-refractivity contribution in [1.29, 1.82) is 0 Å². The zero-order chi connectivity index (χ0) is 15.8. The number of nitrogens with zero attached hydrogens (tertiary/aromatic N) is 4. The third-order valence-corrected chi connectivity index (χ3v) is 4.80. The predicted octanol–water partition coefficient (Wildman–Crippen LogP) is 2.26. The van der Waals surface area contributed by atoms with Crippen LogP contribution in [0.15, 0.2) is 36.8 Å². The van der Waals surface area contributed by atoms with E-state index in [2.05, 4.69) is 44.3 Å². The Morgan fingerprint density at radius 1 is 1.35 bits per heavy atom. The van der Waals surface area contributed by atoms with Crippen molar-refractivity contribution in [3.05, 3.63) is 48.2 Å². The molecular formula is C17H21N5O. The lowest BCUT2D eigenvalue weighted by Crippen LogP contribution is -2.26. The molecule has 0 saturated carbocycles. The third-order valence-electron chi connectivity index (χ3n) is 4.80. The van der Waals surface area contributed by atoms with Gasteiger partial charge in [-0.3, -0.25) is 4.90 Å². The second kappa shape index (κ2) is 5.79. The Kier molecular flexibility index (Phi) is 3.63. The van der Waals surface area contributed by atoms with Gasteiger partial charge in [-0.15, -0.1) is 10.2 Å². The van der Waals surface area contributed by atoms with Crippen LogP contribution in [0.5, 0.6) is 0 Å². The summed E-state index contributed by atoms with van der Waals surface area (Å²) in [5, 5.41) is 9.64. The molecular weight excluding hydrogens is 290 g/mol. The Labute approximate surface area is 135 Å². The number of H-pyrrole nitrogens is 1. The van der Waals surface area contributed by atoms with Gasteiger partial charge in [0.2, 0.25) is 0 Å². The van der Waals surface area contributed by atoms with Crippen LogP contribution in [0, 0.1) is 0 Å². The highest BCUT2D eigenvalue weighted by atomic mass is 16.5. The molecule has 1 saturated heterocycles. The van der Waals surface area contributed by atoms with Gasteiger partial charge in [0.1, 0.15) is 12.2 Å². The van der Waals surface area contributed by atoms with Gasteiger partial charge in [0.25, 0.3) is 0 Å². The summed E-state index contributed by atoms with van der Waals surface area (Å²) < 4.78 is 7.62. The lowest BCUT2D eigenvalue weighted by atomic mass is 10.1. The van der Waals surface area contributed by atoms with Crippen molar-refractivity contribution in [2.75, 3.05) is 13.7 Å². The van der Waals surface area contributed by atoms with Gasteiger partial charge in [-0.25, -0.2) is 0 Å². The molecule has 1 fully saturated rings. The summed E-state index contributed by atoms with van der Waals surface area (Å²) in [6, 6.07) is 8.80. The van der Waals surface area contributed by atoms with Crippen molar-refractivity contribution >= 4 is 10.9 Å². The smallest absolute Gasteiger partial charge is 0.150 e. The van der Waals surface area contributed by atoms with E-state index in [0.29, 0.717) is 0 Å². The van der Waals surface area contributed by atoms with Gasteiger partial charge in [-0.05, 0) is 24.1 Å². The number of methoxy groups -OCH3 is 1. The number of hydrogen-bond donors (Lipinski definition) is 1. The number of ether oxygens (including phenoxy) is 1. The molecule has 0 spiro atoms. The van der Waals surface area contributed by atoms with E-state index in [1.54, 1.807) is 13.4 Å². The van der Waals surface area contributed by atoms with Gasteiger partial charge in [0.15, 0.2) is 0 Å². The number of rotatable bonds is 4. The quantitative estimate of drug-likeness (QED) is 0.803. The molecule has 1 aromatic carbocycles. The van der Waals surface area contributed by atoms with Gasteiger partial charge >= 0.3 is 0 Å². The number of hydrogen-bond acceptors (Lipinski definition) is 4. The lowest BCUT2D eigenvalue weighted by Gasteiger charge is -2.23. The Bertz CT molecular complexity index is 808. The zero-order valence-electron chi connectivity index (χ0n) is 13.4. The first kappa shape index (κ1) is 14.4. The van der Waals surface area contributed by atoms with Crippen LogP contribution >= 0.6 is 0 Å². The molecule has 6 heteroatoms. The molecule has 1 N–H and O–H groups in total. The normalized spacial score (nSPS) is 22.2. The molecule has 4 rings (SSSR count). The monoisotopic (exact) mass is 311 g/mol. The Morgan fingerprint density at radius 2 is 2.26 bits per heavy atom. The van der Waals surface area contributed by atoms with E-state index in [4.69, 9.17) is 4.74 Å². The van der Waals surface area contributed by atoms with E-state index in [1.165, 1.54) is 16.5 Å². The zero-order valence-corrected chi connectivity index (χ0v) is 13.4. The average Bonchev–Trinajstić information content (AvgIpc) is 3.26. The van der Waals surface area contributed by atoms with Crippen LogP contribution in [-0.2, 0) is 18.3 Å². The molecule has 0 amide bonds. The van der Waals surface area contributed by atoms with Crippen LogP contribution in [0.1, 0.15) is 23.9 Å². The number of benzene rings is 1. The number of aromatic amines is 1. The Hall–Kier alpha value is -2.18. The van der Waals surface area contributed by atoms with Crippen LogP contribution in [-0.4, -0.2) is 44.4 Å².